The summed E-state index contributed by atoms with van der Waals surface area (Å²) in [6.07, 6.45) is 55.2. The van der Waals surface area contributed by atoms with Crippen molar-refractivity contribution in [2.24, 2.45) is 5.92 Å². The molecular weight excluding hydrogens is 781 g/mol. The predicted octanol–water partition coefficient (Wildman–Crippen LogP) is 18.6. The molecule has 0 N–H and O–H groups in total. The number of esters is 3. The van der Waals surface area contributed by atoms with Gasteiger partial charge in [0.2, 0.25) is 0 Å². The number of hydrogen-bond acceptors (Lipinski definition) is 6. The lowest BCUT2D eigenvalue weighted by atomic mass is 10.0. The van der Waals surface area contributed by atoms with Gasteiger partial charge in [0.15, 0.2) is 6.10 Å². The Balaban J connectivity index is 4.29. The van der Waals surface area contributed by atoms with Crippen LogP contribution in [0.2, 0.25) is 0 Å². The fourth-order valence-corrected chi connectivity index (χ4v) is 8.75. The maximum Gasteiger partial charge on any atom is 0.306 e. The second-order valence-corrected chi connectivity index (χ2v) is 20.1. The minimum atomic E-state index is -0.761. The molecule has 0 aliphatic carbocycles. The first-order chi connectivity index (χ1) is 30.9. The van der Waals surface area contributed by atoms with E-state index >= 15 is 0 Å². The van der Waals surface area contributed by atoms with Crippen LogP contribution in [0.3, 0.4) is 0 Å². The predicted molar refractivity (Wildman–Crippen MR) is 270 cm³/mol. The first-order valence-electron chi connectivity index (χ1n) is 28.4. The van der Waals surface area contributed by atoms with Crippen LogP contribution in [0.1, 0.15) is 323 Å². The number of carbonyl (C=O) groups is 3. The van der Waals surface area contributed by atoms with Crippen LogP contribution in [0.15, 0.2) is 0 Å². The molecule has 63 heavy (non-hydrogen) atoms. The summed E-state index contributed by atoms with van der Waals surface area (Å²) in [4.78, 5) is 38.1. The topological polar surface area (TPSA) is 78.9 Å². The summed E-state index contributed by atoms with van der Waals surface area (Å²) < 4.78 is 16.9. The van der Waals surface area contributed by atoms with E-state index in [0.717, 1.165) is 63.7 Å². The van der Waals surface area contributed by atoms with Crippen molar-refractivity contribution in [3.05, 3.63) is 0 Å². The Morgan fingerprint density at radius 2 is 0.524 bits per heavy atom. The molecule has 0 spiro atoms. The molecule has 1 atom stereocenters. The smallest absolute Gasteiger partial charge is 0.306 e. The third-order valence-electron chi connectivity index (χ3n) is 13.0. The van der Waals surface area contributed by atoms with Crippen molar-refractivity contribution in [2.45, 2.75) is 329 Å². The van der Waals surface area contributed by atoms with Crippen LogP contribution >= 0.6 is 0 Å². The van der Waals surface area contributed by atoms with Crippen molar-refractivity contribution in [3.8, 4) is 0 Å². The lowest BCUT2D eigenvalue weighted by Gasteiger charge is -2.18. The van der Waals surface area contributed by atoms with Gasteiger partial charge < -0.3 is 14.2 Å². The highest BCUT2D eigenvalue weighted by atomic mass is 16.6. The molecule has 0 unspecified atom stereocenters. The lowest BCUT2D eigenvalue weighted by Crippen LogP contribution is -2.30. The zero-order chi connectivity index (χ0) is 45.9. The summed E-state index contributed by atoms with van der Waals surface area (Å²) in [7, 11) is 0. The second kappa shape index (κ2) is 51.4. The zero-order valence-corrected chi connectivity index (χ0v) is 43.0. The third kappa shape index (κ3) is 51.3. The zero-order valence-electron chi connectivity index (χ0n) is 43.0. The summed E-state index contributed by atoms with van der Waals surface area (Å²) in [5.74, 6) is -0.0101. The van der Waals surface area contributed by atoms with E-state index in [0.29, 0.717) is 19.3 Å². The van der Waals surface area contributed by atoms with E-state index in [1.165, 1.54) is 218 Å². The summed E-state index contributed by atoms with van der Waals surface area (Å²) in [5.41, 5.74) is 0. The number of rotatable bonds is 52. The van der Waals surface area contributed by atoms with Gasteiger partial charge in [-0.15, -0.1) is 0 Å². The van der Waals surface area contributed by atoms with E-state index in [2.05, 4.69) is 27.7 Å². The largest absolute Gasteiger partial charge is 0.462 e. The van der Waals surface area contributed by atoms with E-state index in [-0.39, 0.29) is 31.1 Å². The van der Waals surface area contributed by atoms with Gasteiger partial charge in [-0.3, -0.25) is 14.4 Å². The quantitative estimate of drug-likeness (QED) is 0.0344. The highest BCUT2D eigenvalue weighted by Crippen LogP contribution is 2.18. The standard InChI is InChI=1S/C57H110O6/c1-5-7-9-11-13-15-17-19-21-22-23-25-28-32-36-40-44-48-55(58)61-51-54(63-57(60)50-46-42-38-34-29-24-20-18-16-14-12-10-8-6-2)52-62-56(59)49-45-41-37-33-30-26-27-31-35-39-43-47-53(3)4/h53-54H,5-52H2,1-4H3/t54-/m0/s1. The lowest BCUT2D eigenvalue weighted by molar-refractivity contribution is -0.167. The number of hydrogen-bond donors (Lipinski definition) is 0. The molecule has 374 valence electrons. The minimum absolute atomic E-state index is 0.0620. The Kier molecular flexibility index (Phi) is 50.1. The molecule has 0 fully saturated rings. The van der Waals surface area contributed by atoms with Gasteiger partial charge in [0.1, 0.15) is 13.2 Å². The van der Waals surface area contributed by atoms with Crippen LogP contribution in [0.25, 0.3) is 0 Å². The van der Waals surface area contributed by atoms with Crippen molar-refractivity contribution >= 4 is 17.9 Å². The molecule has 0 aromatic carbocycles. The van der Waals surface area contributed by atoms with Crippen molar-refractivity contribution < 1.29 is 28.6 Å². The van der Waals surface area contributed by atoms with Crippen LogP contribution < -0.4 is 0 Å². The van der Waals surface area contributed by atoms with Crippen LogP contribution in [-0.2, 0) is 28.6 Å². The first-order valence-corrected chi connectivity index (χ1v) is 28.4. The Morgan fingerprint density at radius 1 is 0.302 bits per heavy atom. The van der Waals surface area contributed by atoms with Crippen molar-refractivity contribution in [3.63, 3.8) is 0 Å². The maximum absolute atomic E-state index is 12.8. The van der Waals surface area contributed by atoms with Gasteiger partial charge in [0.25, 0.3) is 0 Å². The molecule has 0 aliphatic heterocycles. The maximum atomic E-state index is 12.8. The van der Waals surface area contributed by atoms with E-state index in [1.54, 1.807) is 0 Å². The Hall–Kier alpha value is -1.59. The van der Waals surface area contributed by atoms with Gasteiger partial charge in [0, 0.05) is 19.3 Å². The van der Waals surface area contributed by atoms with E-state index in [1.807, 2.05) is 0 Å². The Morgan fingerprint density at radius 3 is 0.778 bits per heavy atom. The average Bonchev–Trinajstić information content (AvgIpc) is 3.27. The number of ether oxygens (including phenoxy) is 3. The SMILES string of the molecule is CCCCCCCCCCCCCCCCCCCC(=O)OC[C@@H](COC(=O)CCCCCCCCCCCCCC(C)C)OC(=O)CCCCCCCCCCCCCCCC. The molecule has 0 aromatic heterocycles. The summed E-state index contributed by atoms with van der Waals surface area (Å²) in [5, 5.41) is 0. The van der Waals surface area contributed by atoms with E-state index < -0.39 is 6.10 Å². The fraction of sp³-hybridized carbons (Fsp3) is 0.947. The summed E-state index contributed by atoms with van der Waals surface area (Å²) >= 11 is 0. The molecule has 0 radical (unpaired) electrons. The molecule has 6 nitrogen and oxygen atoms in total. The van der Waals surface area contributed by atoms with Crippen LogP contribution in [0.5, 0.6) is 0 Å². The molecule has 0 amide bonds. The molecule has 0 aliphatic rings. The van der Waals surface area contributed by atoms with Gasteiger partial charge >= 0.3 is 17.9 Å². The Bertz CT molecular complexity index is 949. The monoisotopic (exact) mass is 891 g/mol. The Labute approximate surface area is 393 Å². The number of carbonyl (C=O) groups excluding carboxylic acids is 3. The van der Waals surface area contributed by atoms with Gasteiger partial charge in [-0.2, -0.15) is 0 Å². The molecule has 0 saturated carbocycles. The first kappa shape index (κ1) is 61.4. The van der Waals surface area contributed by atoms with Crippen LogP contribution in [0, 0.1) is 5.92 Å². The average molecular weight is 892 g/mol. The van der Waals surface area contributed by atoms with E-state index in [9.17, 15) is 14.4 Å². The van der Waals surface area contributed by atoms with Crippen molar-refractivity contribution in [1.82, 2.24) is 0 Å². The highest BCUT2D eigenvalue weighted by Gasteiger charge is 2.19. The van der Waals surface area contributed by atoms with E-state index in [4.69, 9.17) is 14.2 Å². The summed E-state index contributed by atoms with van der Waals surface area (Å²) in [6, 6.07) is 0. The van der Waals surface area contributed by atoms with Gasteiger partial charge in [-0.05, 0) is 25.2 Å². The molecule has 6 heteroatoms. The highest BCUT2D eigenvalue weighted by molar-refractivity contribution is 5.71. The minimum Gasteiger partial charge on any atom is -0.462 e. The molecule has 0 rings (SSSR count). The van der Waals surface area contributed by atoms with Crippen LogP contribution in [0.4, 0.5) is 0 Å². The van der Waals surface area contributed by atoms with Crippen molar-refractivity contribution in [2.75, 3.05) is 13.2 Å². The molecule has 0 saturated heterocycles. The summed E-state index contributed by atoms with van der Waals surface area (Å²) in [6.45, 7) is 9.05. The molecule has 0 bridgehead atoms. The number of unbranched alkanes of at least 4 members (excludes halogenated alkanes) is 39. The van der Waals surface area contributed by atoms with Crippen LogP contribution in [-0.4, -0.2) is 37.2 Å². The molecule has 0 heterocycles. The third-order valence-corrected chi connectivity index (χ3v) is 13.0. The van der Waals surface area contributed by atoms with Crippen molar-refractivity contribution in [1.29, 1.82) is 0 Å². The van der Waals surface area contributed by atoms with Gasteiger partial charge in [-0.1, -0.05) is 285 Å². The normalized spacial score (nSPS) is 12.0. The molecule has 0 aromatic rings. The fourth-order valence-electron chi connectivity index (χ4n) is 8.75. The second-order valence-electron chi connectivity index (χ2n) is 20.1. The van der Waals surface area contributed by atoms with Gasteiger partial charge in [0.05, 0.1) is 0 Å². The molecular formula is C57H110O6. The van der Waals surface area contributed by atoms with Gasteiger partial charge in [-0.25, -0.2) is 0 Å².